The molecule has 0 aliphatic heterocycles. The molecule has 25 heavy (non-hydrogen) atoms. The number of pyridine rings is 1. The Labute approximate surface area is 147 Å². The number of hydrogen-bond acceptors (Lipinski definition) is 5. The normalized spacial score (nSPS) is 10.2. The summed E-state index contributed by atoms with van der Waals surface area (Å²) in [7, 11) is 0. The third kappa shape index (κ3) is 5.60. The van der Waals surface area contributed by atoms with Crippen molar-refractivity contribution in [3.05, 3.63) is 53.9 Å². The van der Waals surface area contributed by atoms with Gasteiger partial charge in [-0.25, -0.2) is 9.78 Å². The highest BCUT2D eigenvalue weighted by molar-refractivity contribution is 6.03. The summed E-state index contributed by atoms with van der Waals surface area (Å²) in [6.45, 7) is 5.10. The van der Waals surface area contributed by atoms with Crippen LogP contribution in [0.25, 0.3) is 0 Å². The van der Waals surface area contributed by atoms with E-state index in [0.717, 1.165) is 25.1 Å². The number of amides is 1. The highest BCUT2D eigenvalue weighted by atomic mass is 16.5. The highest BCUT2D eigenvalue weighted by Gasteiger charge is 2.09. The zero-order valence-corrected chi connectivity index (χ0v) is 14.5. The van der Waals surface area contributed by atoms with E-state index in [9.17, 15) is 9.59 Å². The van der Waals surface area contributed by atoms with Gasteiger partial charge < -0.3 is 15.4 Å². The Morgan fingerprint density at radius 3 is 2.36 bits per heavy atom. The van der Waals surface area contributed by atoms with E-state index in [1.54, 1.807) is 43.5 Å². The Balaban J connectivity index is 1.93. The van der Waals surface area contributed by atoms with Gasteiger partial charge in [-0.15, -0.1) is 0 Å². The van der Waals surface area contributed by atoms with E-state index in [1.165, 1.54) is 0 Å². The van der Waals surface area contributed by atoms with Gasteiger partial charge in [-0.1, -0.05) is 13.3 Å². The Hall–Kier alpha value is -2.89. The van der Waals surface area contributed by atoms with E-state index in [-0.39, 0.29) is 11.9 Å². The first-order valence-electron chi connectivity index (χ1n) is 8.42. The minimum absolute atomic E-state index is 0.302. The van der Waals surface area contributed by atoms with Crippen molar-refractivity contribution in [2.24, 2.45) is 0 Å². The first-order valence-corrected chi connectivity index (χ1v) is 8.42. The van der Waals surface area contributed by atoms with Gasteiger partial charge in [0.05, 0.1) is 24.1 Å². The number of hydrogen-bond donors (Lipinski definition) is 2. The van der Waals surface area contributed by atoms with Crippen molar-refractivity contribution in [3.63, 3.8) is 0 Å². The van der Waals surface area contributed by atoms with Crippen LogP contribution in [0.1, 0.15) is 47.5 Å². The second kappa shape index (κ2) is 9.42. The Morgan fingerprint density at radius 1 is 1.04 bits per heavy atom. The summed E-state index contributed by atoms with van der Waals surface area (Å²) >= 11 is 0. The number of carbonyl (C=O) groups excluding carboxylic acids is 2. The molecule has 0 saturated carbocycles. The molecule has 0 aliphatic carbocycles. The molecule has 2 rings (SSSR count). The molecule has 0 bridgehead atoms. The molecule has 1 aromatic heterocycles. The molecule has 2 N–H and O–H groups in total. The van der Waals surface area contributed by atoms with Gasteiger partial charge in [0.1, 0.15) is 5.69 Å². The zero-order valence-electron chi connectivity index (χ0n) is 14.5. The number of ether oxygens (including phenoxy) is 1. The lowest BCUT2D eigenvalue weighted by Gasteiger charge is -2.08. The second-order valence-corrected chi connectivity index (χ2v) is 5.46. The smallest absolute Gasteiger partial charge is 0.338 e. The average Bonchev–Trinajstić information content (AvgIpc) is 2.63. The molecule has 6 nitrogen and oxygen atoms in total. The van der Waals surface area contributed by atoms with Crippen LogP contribution in [-0.2, 0) is 4.74 Å². The van der Waals surface area contributed by atoms with Gasteiger partial charge in [0, 0.05) is 12.2 Å². The minimum atomic E-state index is -0.381. The predicted molar refractivity (Wildman–Crippen MR) is 98.0 cm³/mol. The van der Waals surface area contributed by atoms with E-state index in [2.05, 4.69) is 22.5 Å². The Kier molecular flexibility index (Phi) is 6.95. The molecule has 2 aromatic rings. The first kappa shape index (κ1) is 18.4. The number of nitrogens with one attached hydrogen (secondary N) is 2. The Bertz CT molecular complexity index is 697. The molecular weight excluding hydrogens is 318 g/mol. The molecule has 1 heterocycles. The predicted octanol–water partition coefficient (Wildman–Crippen LogP) is 3.72. The van der Waals surface area contributed by atoms with Gasteiger partial charge in [0.25, 0.3) is 5.91 Å². The molecule has 1 aromatic carbocycles. The number of aromatic nitrogens is 1. The van der Waals surface area contributed by atoms with Crippen LogP contribution >= 0.6 is 0 Å². The maximum absolute atomic E-state index is 12.2. The van der Waals surface area contributed by atoms with E-state index < -0.39 is 0 Å². The molecule has 132 valence electrons. The zero-order chi connectivity index (χ0) is 18.1. The van der Waals surface area contributed by atoms with Gasteiger partial charge >= 0.3 is 5.97 Å². The lowest BCUT2D eigenvalue weighted by Crippen LogP contribution is -2.14. The van der Waals surface area contributed by atoms with Crippen LogP contribution in [0.2, 0.25) is 0 Å². The third-order valence-electron chi connectivity index (χ3n) is 3.51. The molecule has 0 unspecified atom stereocenters. The number of carbonyl (C=O) groups is 2. The average molecular weight is 341 g/mol. The van der Waals surface area contributed by atoms with Crippen molar-refractivity contribution in [1.82, 2.24) is 4.98 Å². The highest BCUT2D eigenvalue weighted by Crippen LogP contribution is 2.13. The molecule has 0 atom stereocenters. The van der Waals surface area contributed by atoms with Gasteiger partial charge in [0.15, 0.2) is 0 Å². The SMILES string of the molecule is CCCCNc1ccc(C(=O)Nc2ccc(C(=O)OCC)cc2)nc1. The van der Waals surface area contributed by atoms with Crippen molar-refractivity contribution < 1.29 is 14.3 Å². The van der Waals surface area contributed by atoms with Crippen molar-refractivity contribution in [1.29, 1.82) is 0 Å². The summed E-state index contributed by atoms with van der Waals surface area (Å²) < 4.78 is 4.92. The minimum Gasteiger partial charge on any atom is -0.462 e. The van der Waals surface area contributed by atoms with E-state index >= 15 is 0 Å². The lowest BCUT2D eigenvalue weighted by atomic mass is 10.2. The number of nitrogens with zero attached hydrogens (tertiary/aromatic N) is 1. The summed E-state index contributed by atoms with van der Waals surface area (Å²) in [6, 6.07) is 10.1. The summed E-state index contributed by atoms with van der Waals surface area (Å²) in [6.07, 6.45) is 3.86. The summed E-state index contributed by atoms with van der Waals surface area (Å²) in [4.78, 5) is 28.0. The van der Waals surface area contributed by atoms with Crippen LogP contribution < -0.4 is 10.6 Å². The van der Waals surface area contributed by atoms with Crippen LogP contribution in [0, 0.1) is 0 Å². The van der Waals surface area contributed by atoms with Gasteiger partial charge in [-0.05, 0) is 49.7 Å². The van der Waals surface area contributed by atoms with Crippen LogP contribution in [0.3, 0.4) is 0 Å². The summed E-state index contributed by atoms with van der Waals surface area (Å²) in [5.41, 5.74) is 2.25. The van der Waals surface area contributed by atoms with Crippen molar-refractivity contribution >= 4 is 23.3 Å². The number of rotatable bonds is 8. The molecule has 0 radical (unpaired) electrons. The van der Waals surface area contributed by atoms with E-state index in [4.69, 9.17) is 4.74 Å². The second-order valence-electron chi connectivity index (χ2n) is 5.46. The number of unbranched alkanes of at least 4 members (excludes halogenated alkanes) is 1. The van der Waals surface area contributed by atoms with Crippen LogP contribution in [0.5, 0.6) is 0 Å². The number of esters is 1. The maximum Gasteiger partial charge on any atom is 0.338 e. The topological polar surface area (TPSA) is 80.3 Å². The molecule has 1 amide bonds. The fourth-order valence-electron chi connectivity index (χ4n) is 2.14. The summed E-state index contributed by atoms with van der Waals surface area (Å²) in [5, 5.41) is 6.00. The van der Waals surface area contributed by atoms with Crippen molar-refractivity contribution in [2.75, 3.05) is 23.8 Å². The maximum atomic E-state index is 12.2. The Morgan fingerprint density at radius 2 is 1.76 bits per heavy atom. The van der Waals surface area contributed by atoms with E-state index in [1.807, 2.05) is 6.07 Å². The van der Waals surface area contributed by atoms with Crippen molar-refractivity contribution in [2.45, 2.75) is 26.7 Å². The van der Waals surface area contributed by atoms with E-state index in [0.29, 0.717) is 23.6 Å². The van der Waals surface area contributed by atoms with Gasteiger partial charge in [0.2, 0.25) is 0 Å². The molecule has 0 saturated heterocycles. The lowest BCUT2D eigenvalue weighted by molar-refractivity contribution is 0.0526. The number of anilines is 2. The molecular formula is C19H23N3O3. The third-order valence-corrected chi connectivity index (χ3v) is 3.51. The van der Waals surface area contributed by atoms with Crippen molar-refractivity contribution in [3.8, 4) is 0 Å². The molecule has 0 aliphatic rings. The first-order chi connectivity index (χ1) is 12.1. The monoisotopic (exact) mass is 341 g/mol. The summed E-state index contributed by atoms with van der Waals surface area (Å²) in [5.74, 6) is -0.683. The fraction of sp³-hybridized carbons (Fsp3) is 0.316. The van der Waals surface area contributed by atoms with Crippen LogP contribution in [-0.4, -0.2) is 30.0 Å². The quantitative estimate of drug-likeness (QED) is 0.565. The molecule has 6 heteroatoms. The van der Waals surface area contributed by atoms with Gasteiger partial charge in [-0.3, -0.25) is 4.79 Å². The number of benzene rings is 1. The standard InChI is InChI=1S/C19H23N3O3/c1-3-5-12-20-16-10-11-17(21-13-16)18(23)22-15-8-6-14(7-9-15)19(24)25-4-2/h6-11,13,20H,3-5,12H2,1-2H3,(H,22,23). The van der Waals surface area contributed by atoms with Crippen LogP contribution in [0.4, 0.5) is 11.4 Å². The fourth-order valence-corrected chi connectivity index (χ4v) is 2.14. The molecule has 0 fully saturated rings. The molecule has 0 spiro atoms. The van der Waals surface area contributed by atoms with Crippen LogP contribution in [0.15, 0.2) is 42.6 Å². The van der Waals surface area contributed by atoms with Gasteiger partial charge in [-0.2, -0.15) is 0 Å². The largest absolute Gasteiger partial charge is 0.462 e.